The number of carbonyl (C=O) groups is 1. The Hall–Kier alpha value is -0.950. The van der Waals surface area contributed by atoms with Gasteiger partial charge in [0.2, 0.25) is 0 Å². The Morgan fingerprint density at radius 1 is 1.56 bits per heavy atom. The molecule has 0 unspecified atom stereocenters. The number of hydrogen-bond donors (Lipinski definition) is 2. The lowest BCUT2D eigenvalue weighted by Crippen LogP contribution is -2.42. The summed E-state index contributed by atoms with van der Waals surface area (Å²) in [5.74, 6) is -0.940. The molecule has 3 N–H and O–H groups in total. The van der Waals surface area contributed by atoms with Crippen LogP contribution in [0.5, 0.6) is 0 Å². The number of hydrogen-bond acceptors (Lipinski definition) is 5. The molecule has 2 atom stereocenters. The van der Waals surface area contributed by atoms with Gasteiger partial charge in [0.15, 0.2) is 0 Å². The van der Waals surface area contributed by atoms with Crippen LogP contribution in [0, 0.1) is 0 Å². The topological polar surface area (TPSA) is 75.8 Å². The number of nitrogens with zero attached hydrogens (tertiary/aromatic N) is 1. The van der Waals surface area contributed by atoms with Crippen molar-refractivity contribution >= 4 is 17.3 Å². The van der Waals surface area contributed by atoms with Crippen molar-refractivity contribution in [3.05, 3.63) is 22.4 Å². The van der Waals surface area contributed by atoms with Gasteiger partial charge in [-0.25, -0.2) is 0 Å². The standard InChI is InChI=1S/C12H18N2O3S/c13-9(12(15)16)8-10(11-2-1-7-18-11)14-3-5-17-6-4-14/h1-2,7,9-10H,3-6,8,13H2,(H,15,16)/t9-,10-/m0/s1. The first kappa shape index (κ1) is 13.5. The van der Waals surface area contributed by atoms with Gasteiger partial charge in [-0.05, 0) is 17.9 Å². The molecule has 0 bridgehead atoms. The van der Waals surface area contributed by atoms with Crippen molar-refractivity contribution in [3.8, 4) is 0 Å². The molecule has 1 aromatic rings. The number of ether oxygens (including phenoxy) is 1. The van der Waals surface area contributed by atoms with Crippen molar-refractivity contribution in [3.63, 3.8) is 0 Å². The third-order valence-electron chi connectivity index (χ3n) is 3.15. The van der Waals surface area contributed by atoms with Crippen LogP contribution in [-0.4, -0.2) is 48.3 Å². The molecule has 0 spiro atoms. The normalized spacial score (nSPS) is 20.5. The van der Waals surface area contributed by atoms with E-state index in [1.165, 1.54) is 4.88 Å². The maximum atomic E-state index is 10.9. The minimum atomic E-state index is -0.940. The largest absolute Gasteiger partial charge is 0.480 e. The fourth-order valence-electron chi connectivity index (χ4n) is 2.16. The van der Waals surface area contributed by atoms with E-state index in [4.69, 9.17) is 15.6 Å². The Morgan fingerprint density at radius 3 is 2.83 bits per heavy atom. The highest BCUT2D eigenvalue weighted by molar-refractivity contribution is 7.10. The van der Waals surface area contributed by atoms with Crippen LogP contribution in [0.1, 0.15) is 17.3 Å². The minimum Gasteiger partial charge on any atom is -0.480 e. The van der Waals surface area contributed by atoms with E-state index in [1.54, 1.807) is 11.3 Å². The van der Waals surface area contributed by atoms with E-state index in [-0.39, 0.29) is 6.04 Å². The first-order valence-corrected chi connectivity index (χ1v) is 6.90. The summed E-state index contributed by atoms with van der Waals surface area (Å²) in [7, 11) is 0. The number of aliphatic carboxylic acids is 1. The quantitative estimate of drug-likeness (QED) is 0.832. The van der Waals surface area contributed by atoms with Gasteiger partial charge in [0.05, 0.1) is 13.2 Å². The Bertz CT molecular complexity index is 377. The molecule has 2 heterocycles. The zero-order valence-electron chi connectivity index (χ0n) is 10.1. The van der Waals surface area contributed by atoms with Crippen molar-refractivity contribution < 1.29 is 14.6 Å². The molecule has 0 aliphatic carbocycles. The smallest absolute Gasteiger partial charge is 0.320 e. The molecule has 0 amide bonds. The lowest BCUT2D eigenvalue weighted by molar-refractivity contribution is -0.139. The molecule has 1 saturated heterocycles. The van der Waals surface area contributed by atoms with Crippen LogP contribution in [0.3, 0.4) is 0 Å². The summed E-state index contributed by atoms with van der Waals surface area (Å²) in [6, 6.07) is 3.29. The van der Waals surface area contributed by atoms with Crippen molar-refractivity contribution in [1.82, 2.24) is 4.90 Å². The Morgan fingerprint density at radius 2 is 2.28 bits per heavy atom. The van der Waals surface area contributed by atoms with Crippen LogP contribution in [0.2, 0.25) is 0 Å². The second-order valence-electron chi connectivity index (χ2n) is 4.36. The third-order valence-corrected chi connectivity index (χ3v) is 4.13. The maximum Gasteiger partial charge on any atom is 0.320 e. The summed E-state index contributed by atoms with van der Waals surface area (Å²) in [5.41, 5.74) is 5.68. The number of carboxylic acid groups (broad SMARTS) is 1. The van der Waals surface area contributed by atoms with Gasteiger partial charge in [-0.15, -0.1) is 11.3 Å². The molecule has 18 heavy (non-hydrogen) atoms. The van der Waals surface area contributed by atoms with Crippen molar-refractivity contribution in [1.29, 1.82) is 0 Å². The van der Waals surface area contributed by atoms with Crippen LogP contribution >= 0.6 is 11.3 Å². The summed E-state index contributed by atoms with van der Waals surface area (Å²) in [6.45, 7) is 3.05. The van der Waals surface area contributed by atoms with Gasteiger partial charge in [0.1, 0.15) is 6.04 Å². The first-order valence-electron chi connectivity index (χ1n) is 6.02. The maximum absolute atomic E-state index is 10.9. The van der Waals surface area contributed by atoms with E-state index in [9.17, 15) is 4.79 Å². The van der Waals surface area contributed by atoms with Gasteiger partial charge in [0.25, 0.3) is 0 Å². The Kier molecular flexibility index (Phi) is 4.71. The summed E-state index contributed by atoms with van der Waals surface area (Å²) >= 11 is 1.65. The highest BCUT2D eigenvalue weighted by atomic mass is 32.1. The van der Waals surface area contributed by atoms with Gasteiger partial charge in [0, 0.05) is 24.0 Å². The average molecular weight is 270 g/mol. The molecule has 0 aromatic carbocycles. The second kappa shape index (κ2) is 6.29. The molecule has 0 radical (unpaired) electrons. The number of morpholine rings is 1. The molecule has 1 aliphatic rings. The number of rotatable bonds is 5. The number of nitrogens with two attached hydrogens (primary N) is 1. The predicted octanol–water partition coefficient (Wildman–Crippen LogP) is 0.923. The van der Waals surface area contributed by atoms with E-state index in [1.807, 2.05) is 17.5 Å². The molecular weight excluding hydrogens is 252 g/mol. The lowest BCUT2D eigenvalue weighted by Gasteiger charge is -2.34. The van der Waals surface area contributed by atoms with E-state index < -0.39 is 12.0 Å². The summed E-state index contributed by atoms with van der Waals surface area (Å²) in [4.78, 5) is 14.4. The monoisotopic (exact) mass is 270 g/mol. The summed E-state index contributed by atoms with van der Waals surface area (Å²) in [6.07, 6.45) is 0.440. The highest BCUT2D eigenvalue weighted by Crippen LogP contribution is 2.29. The first-order chi connectivity index (χ1) is 8.68. The lowest BCUT2D eigenvalue weighted by atomic mass is 10.0. The van der Waals surface area contributed by atoms with Crippen LogP contribution in [-0.2, 0) is 9.53 Å². The molecule has 100 valence electrons. The summed E-state index contributed by atoms with van der Waals surface area (Å²) < 4.78 is 5.33. The van der Waals surface area contributed by atoms with E-state index in [2.05, 4.69) is 4.90 Å². The molecule has 6 heteroatoms. The fraction of sp³-hybridized carbons (Fsp3) is 0.583. The SMILES string of the molecule is N[C@@H](C[C@@H](c1cccs1)N1CCOCC1)C(=O)O. The molecule has 0 saturated carbocycles. The molecule has 1 aliphatic heterocycles. The molecule has 1 fully saturated rings. The van der Waals surface area contributed by atoms with Gasteiger partial charge in [-0.2, -0.15) is 0 Å². The van der Waals surface area contributed by atoms with E-state index >= 15 is 0 Å². The molecule has 5 nitrogen and oxygen atoms in total. The third kappa shape index (κ3) is 3.29. The van der Waals surface area contributed by atoms with Gasteiger partial charge < -0.3 is 15.6 Å². The van der Waals surface area contributed by atoms with E-state index in [0.29, 0.717) is 19.6 Å². The Labute approximate surface area is 110 Å². The number of carboxylic acids is 1. The van der Waals surface area contributed by atoms with Crippen molar-refractivity contribution in [2.24, 2.45) is 5.73 Å². The zero-order valence-corrected chi connectivity index (χ0v) is 10.9. The second-order valence-corrected chi connectivity index (χ2v) is 5.34. The van der Waals surface area contributed by atoms with Crippen molar-refractivity contribution in [2.75, 3.05) is 26.3 Å². The van der Waals surface area contributed by atoms with Crippen LogP contribution < -0.4 is 5.73 Å². The van der Waals surface area contributed by atoms with Crippen molar-refractivity contribution in [2.45, 2.75) is 18.5 Å². The van der Waals surface area contributed by atoms with Crippen LogP contribution in [0.25, 0.3) is 0 Å². The van der Waals surface area contributed by atoms with Crippen LogP contribution in [0.15, 0.2) is 17.5 Å². The zero-order chi connectivity index (χ0) is 13.0. The van der Waals surface area contributed by atoms with Gasteiger partial charge in [-0.3, -0.25) is 9.69 Å². The van der Waals surface area contributed by atoms with Crippen LogP contribution in [0.4, 0.5) is 0 Å². The molecule has 2 rings (SSSR count). The summed E-state index contributed by atoms with van der Waals surface area (Å²) in [5, 5.41) is 11.0. The Balaban J connectivity index is 2.09. The molecule has 1 aromatic heterocycles. The molecular formula is C12H18N2O3S. The minimum absolute atomic E-state index is 0.0833. The predicted molar refractivity (Wildman–Crippen MR) is 69.7 cm³/mol. The number of thiophene rings is 1. The van der Waals surface area contributed by atoms with Gasteiger partial charge >= 0.3 is 5.97 Å². The highest BCUT2D eigenvalue weighted by Gasteiger charge is 2.27. The van der Waals surface area contributed by atoms with E-state index in [0.717, 1.165) is 13.1 Å². The fourth-order valence-corrected chi connectivity index (χ4v) is 3.03. The average Bonchev–Trinajstić information content (AvgIpc) is 2.90. The van der Waals surface area contributed by atoms with Gasteiger partial charge in [-0.1, -0.05) is 6.07 Å².